The summed E-state index contributed by atoms with van der Waals surface area (Å²) in [4.78, 5) is 14.8. The van der Waals surface area contributed by atoms with Crippen LogP contribution in [0.25, 0.3) is 22.2 Å². The number of benzene rings is 2. The van der Waals surface area contributed by atoms with E-state index in [-0.39, 0.29) is 12.0 Å². The molecule has 0 saturated carbocycles. The first-order valence-corrected chi connectivity index (χ1v) is 9.69. The van der Waals surface area contributed by atoms with E-state index in [4.69, 9.17) is 9.26 Å². The Bertz CT molecular complexity index is 1110. The smallest absolute Gasteiger partial charge is 0.254 e. The highest BCUT2D eigenvalue weighted by atomic mass is 32.1. The normalized spacial score (nSPS) is 16.6. The second-order valence-electron chi connectivity index (χ2n) is 6.64. The maximum absolute atomic E-state index is 13.0. The first kappa shape index (κ1) is 16.9. The van der Waals surface area contributed by atoms with Crippen LogP contribution in [0.1, 0.15) is 16.8 Å². The van der Waals surface area contributed by atoms with Crippen LogP contribution in [0.4, 0.5) is 0 Å². The number of hydrogen-bond donors (Lipinski definition) is 0. The number of aromatic nitrogens is 3. The van der Waals surface area contributed by atoms with E-state index in [2.05, 4.69) is 13.9 Å². The molecule has 1 aliphatic rings. The van der Waals surface area contributed by atoms with E-state index in [1.807, 2.05) is 42.5 Å². The van der Waals surface area contributed by atoms with Crippen LogP contribution in [0.5, 0.6) is 5.88 Å². The van der Waals surface area contributed by atoms with Gasteiger partial charge in [-0.2, -0.15) is 4.37 Å². The zero-order chi connectivity index (χ0) is 18.9. The molecule has 4 aromatic rings. The second kappa shape index (κ2) is 7.05. The van der Waals surface area contributed by atoms with Crippen LogP contribution in [0, 0.1) is 0 Å². The third-order valence-electron chi connectivity index (χ3n) is 4.82. The van der Waals surface area contributed by atoms with Gasteiger partial charge in [-0.05, 0) is 18.2 Å². The predicted octanol–water partition coefficient (Wildman–Crippen LogP) is 3.64. The predicted molar refractivity (Wildman–Crippen MR) is 104 cm³/mol. The summed E-state index contributed by atoms with van der Waals surface area (Å²) in [6.45, 7) is 1.18. The molecule has 7 nitrogen and oxygen atoms in total. The van der Waals surface area contributed by atoms with Crippen molar-refractivity contribution >= 4 is 28.5 Å². The Labute approximate surface area is 164 Å². The molecule has 0 spiro atoms. The summed E-state index contributed by atoms with van der Waals surface area (Å²) in [5.74, 6) is 1.16. The van der Waals surface area contributed by atoms with Crippen molar-refractivity contribution in [3.63, 3.8) is 0 Å². The lowest BCUT2D eigenvalue weighted by molar-refractivity contribution is 0.0771. The van der Waals surface area contributed by atoms with Gasteiger partial charge in [-0.25, -0.2) is 0 Å². The van der Waals surface area contributed by atoms with E-state index in [9.17, 15) is 4.79 Å². The minimum absolute atomic E-state index is 0.0235. The standard InChI is InChI=1S/C20H16N4O3S/c25-20(24-9-8-15(12-24)26-18-11-21-28-23-18)14-6-7-17-16(10-14)19(27-22-17)13-4-2-1-3-5-13/h1-7,10-11,15H,8-9,12H2/t15-/m0/s1. The Kier molecular flexibility index (Phi) is 4.25. The molecule has 0 aliphatic carbocycles. The van der Waals surface area contributed by atoms with E-state index in [1.54, 1.807) is 17.2 Å². The molecule has 0 N–H and O–H groups in total. The van der Waals surface area contributed by atoms with Crippen molar-refractivity contribution in [3.8, 4) is 17.2 Å². The molecular weight excluding hydrogens is 376 g/mol. The van der Waals surface area contributed by atoms with E-state index in [1.165, 1.54) is 0 Å². The van der Waals surface area contributed by atoms with Gasteiger partial charge in [0, 0.05) is 24.1 Å². The monoisotopic (exact) mass is 392 g/mol. The summed E-state index contributed by atoms with van der Waals surface area (Å²) in [6.07, 6.45) is 2.31. The Morgan fingerprint density at radius 2 is 2.11 bits per heavy atom. The largest absolute Gasteiger partial charge is 0.471 e. The average molecular weight is 392 g/mol. The second-order valence-corrected chi connectivity index (χ2v) is 7.19. The van der Waals surface area contributed by atoms with Gasteiger partial charge < -0.3 is 14.2 Å². The van der Waals surface area contributed by atoms with Crippen molar-refractivity contribution in [3.05, 3.63) is 60.3 Å². The highest BCUT2D eigenvalue weighted by Gasteiger charge is 2.29. The number of fused-ring (bicyclic) bond motifs is 1. The summed E-state index contributed by atoms with van der Waals surface area (Å²) in [5, 5.41) is 4.95. The topological polar surface area (TPSA) is 81.4 Å². The molecule has 1 fully saturated rings. The molecule has 1 saturated heterocycles. The maximum Gasteiger partial charge on any atom is 0.254 e. The number of rotatable bonds is 4. The number of likely N-dealkylation sites (tertiary alicyclic amines) is 1. The number of hydrogen-bond acceptors (Lipinski definition) is 7. The summed E-state index contributed by atoms with van der Waals surface area (Å²) >= 11 is 1.11. The molecule has 8 heteroatoms. The van der Waals surface area contributed by atoms with Gasteiger partial charge >= 0.3 is 0 Å². The molecule has 5 rings (SSSR count). The van der Waals surface area contributed by atoms with Crippen LogP contribution < -0.4 is 4.74 Å². The van der Waals surface area contributed by atoms with Crippen LogP contribution in [-0.2, 0) is 0 Å². The van der Waals surface area contributed by atoms with Crippen molar-refractivity contribution in [2.24, 2.45) is 0 Å². The highest BCUT2D eigenvalue weighted by Crippen LogP contribution is 2.30. The Balaban J connectivity index is 1.38. The minimum Gasteiger partial charge on any atom is -0.471 e. The van der Waals surface area contributed by atoms with Crippen molar-refractivity contribution in [2.45, 2.75) is 12.5 Å². The molecule has 0 radical (unpaired) electrons. The third kappa shape index (κ3) is 3.11. The zero-order valence-corrected chi connectivity index (χ0v) is 15.6. The molecule has 140 valence electrons. The number of carbonyl (C=O) groups is 1. The summed E-state index contributed by atoms with van der Waals surface area (Å²) in [7, 11) is 0. The Morgan fingerprint density at radius 3 is 2.93 bits per heavy atom. The van der Waals surface area contributed by atoms with Crippen LogP contribution in [0.15, 0.2) is 59.3 Å². The average Bonchev–Trinajstić information content (AvgIpc) is 3.49. The van der Waals surface area contributed by atoms with E-state index < -0.39 is 0 Å². The van der Waals surface area contributed by atoms with Gasteiger partial charge in [0.05, 0.1) is 23.7 Å². The van der Waals surface area contributed by atoms with Gasteiger partial charge in [0.1, 0.15) is 17.8 Å². The molecule has 2 aromatic carbocycles. The minimum atomic E-state index is -0.0629. The summed E-state index contributed by atoms with van der Waals surface area (Å²) in [6, 6.07) is 15.2. The van der Waals surface area contributed by atoms with Crippen molar-refractivity contribution in [1.82, 2.24) is 18.8 Å². The molecule has 1 amide bonds. The van der Waals surface area contributed by atoms with Gasteiger partial charge in [0.15, 0.2) is 5.76 Å². The van der Waals surface area contributed by atoms with E-state index in [0.717, 1.165) is 34.6 Å². The molecule has 0 unspecified atom stereocenters. The number of nitrogens with zero attached hydrogens (tertiary/aromatic N) is 4. The molecule has 2 aromatic heterocycles. The van der Waals surface area contributed by atoms with Gasteiger partial charge in [0.25, 0.3) is 5.91 Å². The van der Waals surface area contributed by atoms with Crippen LogP contribution in [-0.4, -0.2) is 43.9 Å². The lowest BCUT2D eigenvalue weighted by Crippen LogP contribution is -2.30. The lowest BCUT2D eigenvalue weighted by atomic mass is 10.1. The van der Waals surface area contributed by atoms with E-state index in [0.29, 0.717) is 30.3 Å². The fourth-order valence-corrected chi connectivity index (χ4v) is 3.80. The van der Waals surface area contributed by atoms with E-state index >= 15 is 0 Å². The van der Waals surface area contributed by atoms with Crippen molar-refractivity contribution in [2.75, 3.05) is 13.1 Å². The van der Waals surface area contributed by atoms with Crippen LogP contribution in [0.2, 0.25) is 0 Å². The van der Waals surface area contributed by atoms with Crippen molar-refractivity contribution < 1.29 is 14.1 Å². The molecule has 3 heterocycles. The first-order chi connectivity index (χ1) is 13.8. The Morgan fingerprint density at radius 1 is 1.21 bits per heavy atom. The number of amides is 1. The van der Waals surface area contributed by atoms with Gasteiger partial charge in [-0.3, -0.25) is 4.79 Å². The molecule has 0 bridgehead atoms. The molecular formula is C20H16N4O3S. The summed E-state index contributed by atoms with van der Waals surface area (Å²) < 4.78 is 19.3. The quantitative estimate of drug-likeness (QED) is 0.527. The highest BCUT2D eigenvalue weighted by molar-refractivity contribution is 6.99. The summed E-state index contributed by atoms with van der Waals surface area (Å²) in [5.41, 5.74) is 2.28. The van der Waals surface area contributed by atoms with Gasteiger partial charge in [-0.1, -0.05) is 35.5 Å². The van der Waals surface area contributed by atoms with Gasteiger partial charge in [-0.15, -0.1) is 4.37 Å². The zero-order valence-electron chi connectivity index (χ0n) is 14.8. The van der Waals surface area contributed by atoms with Crippen LogP contribution in [0.3, 0.4) is 0 Å². The lowest BCUT2D eigenvalue weighted by Gasteiger charge is -2.16. The number of carbonyl (C=O) groups excluding carboxylic acids is 1. The SMILES string of the molecule is O=C(c1ccc2noc(-c3ccccc3)c2c1)N1CC[C@H](Oc2cnsn2)C1. The Hall–Kier alpha value is -3.26. The molecule has 1 aliphatic heterocycles. The number of ether oxygens (including phenoxy) is 1. The van der Waals surface area contributed by atoms with Crippen molar-refractivity contribution in [1.29, 1.82) is 0 Å². The fraction of sp³-hybridized carbons (Fsp3) is 0.200. The van der Waals surface area contributed by atoms with Gasteiger partial charge in [0.2, 0.25) is 5.88 Å². The van der Waals surface area contributed by atoms with Crippen LogP contribution >= 0.6 is 11.7 Å². The molecule has 1 atom stereocenters. The third-order valence-corrected chi connectivity index (χ3v) is 5.28. The maximum atomic E-state index is 13.0. The molecule has 28 heavy (non-hydrogen) atoms. The fourth-order valence-electron chi connectivity index (χ4n) is 3.44. The first-order valence-electron chi connectivity index (χ1n) is 8.96.